The smallest absolute Gasteiger partial charge is 0.475 e. The highest BCUT2D eigenvalue weighted by Crippen LogP contribution is 2.58. The van der Waals surface area contributed by atoms with Crippen molar-refractivity contribution < 1.29 is 37.1 Å². The van der Waals surface area contributed by atoms with Crippen LogP contribution >= 0.6 is 0 Å². The van der Waals surface area contributed by atoms with Crippen LogP contribution in [0.25, 0.3) is 0 Å². The van der Waals surface area contributed by atoms with Crippen LogP contribution in [0.15, 0.2) is 22.8 Å². The third-order valence-electron chi connectivity index (χ3n) is 7.52. The molecule has 0 bridgehead atoms. The molecule has 0 radical (unpaired) electrons. The number of nitrogens with zero attached hydrogens (tertiary/aromatic N) is 4. The van der Waals surface area contributed by atoms with Gasteiger partial charge in [0.15, 0.2) is 0 Å². The zero-order valence-corrected chi connectivity index (χ0v) is 20.3. The normalized spacial score (nSPS) is 24.1. The summed E-state index contributed by atoms with van der Waals surface area (Å²) in [7, 11) is 3.58. The van der Waals surface area contributed by atoms with Crippen LogP contribution in [0.5, 0.6) is 0 Å². The predicted molar refractivity (Wildman–Crippen MR) is 119 cm³/mol. The molecule has 1 N–H and O–H groups in total. The first kappa shape index (κ1) is 26.8. The number of rotatable bonds is 3. The molecule has 0 saturated carbocycles. The third kappa shape index (κ3) is 5.26. The second kappa shape index (κ2) is 10.1. The summed E-state index contributed by atoms with van der Waals surface area (Å²) in [6, 6.07) is 3.96. The van der Waals surface area contributed by atoms with Gasteiger partial charge in [0.1, 0.15) is 5.76 Å². The molecule has 3 saturated heterocycles. The van der Waals surface area contributed by atoms with E-state index in [9.17, 15) is 22.8 Å². The molecule has 9 nitrogen and oxygen atoms in total. The number of piperidine rings is 1. The number of aliphatic carboxylic acids is 1. The first-order chi connectivity index (χ1) is 16.3. The Morgan fingerprint density at radius 3 is 2.23 bits per heavy atom. The molecule has 1 unspecified atom stereocenters. The molecule has 0 aromatic carbocycles. The zero-order chi connectivity index (χ0) is 26.0. The van der Waals surface area contributed by atoms with Gasteiger partial charge in [0.05, 0.1) is 18.2 Å². The van der Waals surface area contributed by atoms with Gasteiger partial charge in [-0.25, -0.2) is 9.59 Å². The van der Waals surface area contributed by atoms with Crippen molar-refractivity contribution >= 4 is 17.9 Å². The highest BCUT2D eigenvalue weighted by atomic mass is 19.4. The van der Waals surface area contributed by atoms with Crippen molar-refractivity contribution in [3.8, 4) is 0 Å². The van der Waals surface area contributed by atoms with Crippen LogP contribution in [0.1, 0.15) is 31.9 Å². The fraction of sp³-hybridized carbons (Fsp3) is 0.696. The Morgan fingerprint density at radius 2 is 1.77 bits per heavy atom. The molecule has 3 aliphatic heterocycles. The maximum absolute atomic E-state index is 13.5. The summed E-state index contributed by atoms with van der Waals surface area (Å²) in [5.74, 6) is -1.51. The van der Waals surface area contributed by atoms with Crippen LogP contribution in [-0.4, -0.2) is 102 Å². The van der Waals surface area contributed by atoms with Crippen LogP contribution in [-0.2, 0) is 16.1 Å². The molecule has 0 aliphatic carbocycles. The van der Waals surface area contributed by atoms with Gasteiger partial charge in [0, 0.05) is 45.7 Å². The highest BCUT2D eigenvalue weighted by Gasteiger charge is 2.65. The fourth-order valence-corrected chi connectivity index (χ4v) is 5.66. The number of fused-ring (bicyclic) bond motifs is 1. The first-order valence-corrected chi connectivity index (χ1v) is 11.7. The third-order valence-corrected chi connectivity index (χ3v) is 7.52. The molecule has 196 valence electrons. The number of amides is 3. The first-order valence-electron chi connectivity index (χ1n) is 11.7. The largest absolute Gasteiger partial charge is 0.490 e. The molecule has 4 heterocycles. The van der Waals surface area contributed by atoms with Crippen LogP contribution in [0.3, 0.4) is 0 Å². The highest BCUT2D eigenvalue weighted by molar-refractivity contribution is 5.88. The maximum atomic E-state index is 13.5. The van der Waals surface area contributed by atoms with Gasteiger partial charge < -0.3 is 24.2 Å². The minimum Gasteiger partial charge on any atom is -0.475 e. The van der Waals surface area contributed by atoms with Gasteiger partial charge in [0.2, 0.25) is 5.91 Å². The molecule has 4 rings (SSSR count). The van der Waals surface area contributed by atoms with Gasteiger partial charge in [0.25, 0.3) is 0 Å². The second-order valence-corrected chi connectivity index (χ2v) is 9.69. The van der Waals surface area contributed by atoms with E-state index in [0.29, 0.717) is 13.1 Å². The Hall–Kier alpha value is -2.76. The van der Waals surface area contributed by atoms with Gasteiger partial charge in [-0.3, -0.25) is 9.69 Å². The molecule has 12 heteroatoms. The van der Waals surface area contributed by atoms with E-state index in [0.717, 1.165) is 57.7 Å². The van der Waals surface area contributed by atoms with Crippen LogP contribution in [0, 0.1) is 10.8 Å². The van der Waals surface area contributed by atoms with Crippen molar-refractivity contribution in [3.05, 3.63) is 24.2 Å². The van der Waals surface area contributed by atoms with E-state index in [4.69, 9.17) is 14.3 Å². The number of alkyl halides is 3. The molecule has 1 aromatic heterocycles. The van der Waals surface area contributed by atoms with Crippen molar-refractivity contribution in [1.29, 1.82) is 0 Å². The van der Waals surface area contributed by atoms with Crippen molar-refractivity contribution in [2.45, 2.75) is 38.9 Å². The van der Waals surface area contributed by atoms with Gasteiger partial charge in [-0.15, -0.1) is 0 Å². The molecular weight excluding hydrogens is 469 g/mol. The summed E-state index contributed by atoms with van der Waals surface area (Å²) in [5.41, 5.74) is -0.523. The molecule has 3 amide bonds. The molecule has 35 heavy (non-hydrogen) atoms. The Morgan fingerprint density at radius 1 is 1.14 bits per heavy atom. The standard InChI is InChI=1S/C21H32N4O3.C2HF3O2/c1-4-24-12-9-21(18(24)26)16-25(19(27)22(2)3)15-20(21)7-10-23(11-8-20)14-17-6-5-13-28-17;3-2(4,5)1(6)7/h5-6,13H,4,7-12,14-16H2,1-3H3;(H,6,7). The summed E-state index contributed by atoms with van der Waals surface area (Å²) in [6.07, 6.45) is -0.592. The number of carbonyl (C=O) groups is 3. The van der Waals surface area contributed by atoms with E-state index in [-0.39, 0.29) is 17.4 Å². The van der Waals surface area contributed by atoms with Gasteiger partial charge in [-0.2, -0.15) is 13.2 Å². The van der Waals surface area contributed by atoms with Gasteiger partial charge >= 0.3 is 18.2 Å². The van der Waals surface area contributed by atoms with E-state index in [1.807, 2.05) is 28.9 Å². The lowest BCUT2D eigenvalue weighted by molar-refractivity contribution is -0.192. The number of carboxylic acids is 1. The summed E-state index contributed by atoms with van der Waals surface area (Å²) in [6.45, 7) is 7.57. The molecule has 1 aromatic rings. The minimum absolute atomic E-state index is 0.0250. The van der Waals surface area contributed by atoms with Crippen molar-refractivity contribution in [3.63, 3.8) is 0 Å². The van der Waals surface area contributed by atoms with Gasteiger partial charge in [-0.1, -0.05) is 0 Å². The predicted octanol–water partition coefficient (Wildman–Crippen LogP) is 2.73. The molecular formula is C23H33F3N4O5. The Labute approximate surface area is 202 Å². The topological polar surface area (TPSA) is 97.5 Å². The van der Waals surface area contributed by atoms with Crippen LogP contribution in [0.2, 0.25) is 0 Å². The minimum atomic E-state index is -5.08. The van der Waals surface area contributed by atoms with E-state index >= 15 is 0 Å². The van der Waals surface area contributed by atoms with Gasteiger partial charge in [-0.05, 0) is 51.4 Å². The Bertz CT molecular complexity index is 913. The van der Waals surface area contributed by atoms with Crippen molar-refractivity contribution in [2.75, 3.05) is 53.4 Å². The molecule has 3 aliphatic rings. The zero-order valence-electron chi connectivity index (χ0n) is 20.3. The van der Waals surface area contributed by atoms with E-state index < -0.39 is 17.6 Å². The monoisotopic (exact) mass is 502 g/mol. The molecule has 3 fully saturated rings. The van der Waals surface area contributed by atoms with E-state index in [1.54, 1.807) is 25.3 Å². The lowest BCUT2D eigenvalue weighted by atomic mass is 9.60. The fourth-order valence-electron chi connectivity index (χ4n) is 5.66. The lowest BCUT2D eigenvalue weighted by Crippen LogP contribution is -2.52. The summed E-state index contributed by atoms with van der Waals surface area (Å²) in [5, 5.41) is 7.12. The average Bonchev–Trinajstić information content (AvgIpc) is 3.49. The van der Waals surface area contributed by atoms with E-state index in [2.05, 4.69) is 4.90 Å². The number of hydrogen-bond acceptors (Lipinski definition) is 5. The average molecular weight is 503 g/mol. The molecule has 1 atom stereocenters. The second-order valence-electron chi connectivity index (χ2n) is 9.69. The number of urea groups is 1. The Balaban J connectivity index is 0.000000429. The van der Waals surface area contributed by atoms with Crippen LogP contribution in [0.4, 0.5) is 18.0 Å². The summed E-state index contributed by atoms with van der Waals surface area (Å²) >= 11 is 0. The summed E-state index contributed by atoms with van der Waals surface area (Å²) < 4.78 is 37.2. The number of carboxylic acid groups (broad SMARTS) is 1. The number of halogens is 3. The lowest BCUT2D eigenvalue weighted by Gasteiger charge is -2.46. The van der Waals surface area contributed by atoms with E-state index in [1.165, 1.54) is 0 Å². The maximum Gasteiger partial charge on any atom is 0.490 e. The number of hydrogen-bond donors (Lipinski definition) is 1. The summed E-state index contributed by atoms with van der Waals surface area (Å²) in [4.78, 5) is 43.1. The number of likely N-dealkylation sites (tertiary alicyclic amines) is 3. The SMILES string of the molecule is CCN1CCC2(CN(C(=O)N(C)C)CC23CCN(Cc2ccco2)CC3)C1=O.O=C(O)C(F)(F)F. The Kier molecular flexibility index (Phi) is 7.73. The molecule has 2 spiro atoms. The number of carbonyl (C=O) groups excluding carboxylic acids is 2. The van der Waals surface area contributed by atoms with Crippen molar-refractivity contribution in [2.24, 2.45) is 10.8 Å². The van der Waals surface area contributed by atoms with Crippen LogP contribution < -0.4 is 0 Å². The van der Waals surface area contributed by atoms with Crippen molar-refractivity contribution in [1.82, 2.24) is 19.6 Å². The quantitative estimate of drug-likeness (QED) is 0.683. The number of furan rings is 1.